The van der Waals surface area contributed by atoms with E-state index in [1.165, 1.54) is 11.1 Å². The number of Topliss-reactive ketones (excluding diaryl/α,β-unsaturated/α-hetero) is 2. The summed E-state index contributed by atoms with van der Waals surface area (Å²) in [4.78, 5) is 36.6. The molecule has 0 atom stereocenters. The summed E-state index contributed by atoms with van der Waals surface area (Å²) in [6.07, 6.45) is 7.62. The second-order valence-electron chi connectivity index (χ2n) is 10.6. The Labute approximate surface area is 232 Å². The maximum atomic E-state index is 13.1. The van der Waals surface area contributed by atoms with Crippen LogP contribution >= 0.6 is 0 Å². The van der Waals surface area contributed by atoms with Crippen LogP contribution in [-0.4, -0.2) is 29.8 Å². The van der Waals surface area contributed by atoms with Gasteiger partial charge in [0.1, 0.15) is 23.9 Å². The van der Waals surface area contributed by atoms with Crippen molar-refractivity contribution in [2.24, 2.45) is 17.3 Å². The molecule has 0 unspecified atom stereocenters. The maximum absolute atomic E-state index is 13.1. The van der Waals surface area contributed by atoms with Gasteiger partial charge in [-0.1, -0.05) is 80.3 Å². The smallest absolute Gasteiger partial charge is 0.293 e. The zero-order valence-corrected chi connectivity index (χ0v) is 23.7. The standard InChI is InChI=1S/C23H30O5.C8H10.C2H6.2H2/c24-16-28-15-23(21(26)10-9-17-5-3-4-8-20(17)25)13-11-19(12-14-23)22(27)18-6-1-2-7-18;1-7-3-5-8(2)6-4-7;1-2;;/h3-5,8,16,18-19,25H,1-2,6-7,9-15H2;3-6H,1-2H3;1-2H3;2*1H. The minimum absolute atomic E-state index is 0. The summed E-state index contributed by atoms with van der Waals surface area (Å²) in [5.41, 5.74) is 2.70. The molecule has 0 bridgehead atoms. The molecule has 38 heavy (non-hydrogen) atoms. The molecule has 2 aromatic rings. The fraction of sp³-hybridized carbons (Fsp3) is 0.545. The Balaban J connectivity index is 0.00000108. The molecule has 1 N–H and O–H groups in total. The summed E-state index contributed by atoms with van der Waals surface area (Å²) in [6.45, 7) is 8.67. The predicted molar refractivity (Wildman–Crippen MR) is 156 cm³/mol. The summed E-state index contributed by atoms with van der Waals surface area (Å²) < 4.78 is 5.03. The molecule has 4 rings (SSSR count). The van der Waals surface area contributed by atoms with Crippen LogP contribution in [0.4, 0.5) is 0 Å². The van der Waals surface area contributed by atoms with Gasteiger partial charge in [-0.3, -0.25) is 14.4 Å². The van der Waals surface area contributed by atoms with Crippen LogP contribution < -0.4 is 0 Å². The Morgan fingerprint density at radius 2 is 1.45 bits per heavy atom. The largest absolute Gasteiger partial charge is 0.508 e. The number of phenolic OH excluding ortho intramolecular Hbond substituents is 1. The zero-order chi connectivity index (χ0) is 28.0. The molecule has 5 nitrogen and oxygen atoms in total. The van der Waals surface area contributed by atoms with Crippen molar-refractivity contribution in [2.45, 2.75) is 91.9 Å². The normalized spacial score (nSPS) is 20.8. The van der Waals surface area contributed by atoms with E-state index < -0.39 is 5.41 Å². The first-order valence-electron chi connectivity index (χ1n) is 14.3. The molecule has 0 saturated heterocycles. The molecule has 0 aromatic heterocycles. The van der Waals surface area contributed by atoms with Crippen LogP contribution in [0.1, 0.15) is 91.2 Å². The van der Waals surface area contributed by atoms with Crippen LogP contribution in [-0.2, 0) is 25.5 Å². The van der Waals surface area contributed by atoms with Gasteiger partial charge >= 0.3 is 0 Å². The van der Waals surface area contributed by atoms with Crippen LogP contribution in [0.25, 0.3) is 0 Å². The molecule has 2 aromatic carbocycles. The molecule has 2 fully saturated rings. The van der Waals surface area contributed by atoms with E-state index in [0.717, 1.165) is 31.2 Å². The van der Waals surface area contributed by atoms with E-state index in [9.17, 15) is 19.5 Å². The van der Waals surface area contributed by atoms with Crippen molar-refractivity contribution < 1.29 is 27.1 Å². The average molecular weight is 527 g/mol. The Hall–Kier alpha value is -2.95. The third kappa shape index (κ3) is 9.11. The van der Waals surface area contributed by atoms with Gasteiger partial charge in [0, 0.05) is 21.1 Å². The van der Waals surface area contributed by atoms with Crippen molar-refractivity contribution in [1.29, 1.82) is 0 Å². The monoisotopic (exact) mass is 526 g/mol. The van der Waals surface area contributed by atoms with E-state index in [2.05, 4.69) is 38.1 Å². The molecule has 2 aliphatic rings. The number of benzene rings is 2. The number of aryl methyl sites for hydroxylation is 3. The van der Waals surface area contributed by atoms with Crippen molar-refractivity contribution in [3.63, 3.8) is 0 Å². The Morgan fingerprint density at radius 1 is 0.921 bits per heavy atom. The van der Waals surface area contributed by atoms with Gasteiger partial charge in [-0.15, -0.1) is 0 Å². The van der Waals surface area contributed by atoms with Crippen LogP contribution in [0.3, 0.4) is 0 Å². The molecule has 2 saturated carbocycles. The third-order valence-electron chi connectivity index (χ3n) is 7.95. The van der Waals surface area contributed by atoms with E-state index in [-0.39, 0.29) is 32.8 Å². The summed E-state index contributed by atoms with van der Waals surface area (Å²) in [5.74, 6) is 0.881. The molecule has 0 spiro atoms. The number of hydrogen-bond donors (Lipinski definition) is 1. The van der Waals surface area contributed by atoms with Crippen molar-refractivity contribution in [3.8, 4) is 5.75 Å². The number of carbonyl (C=O) groups is 3. The summed E-state index contributed by atoms with van der Waals surface area (Å²) >= 11 is 0. The highest BCUT2D eigenvalue weighted by Crippen LogP contribution is 2.43. The molecule has 2 aliphatic carbocycles. The van der Waals surface area contributed by atoms with Crippen LogP contribution in [0.15, 0.2) is 48.5 Å². The fourth-order valence-electron chi connectivity index (χ4n) is 5.57. The lowest BCUT2D eigenvalue weighted by Crippen LogP contribution is -2.41. The molecule has 0 amide bonds. The summed E-state index contributed by atoms with van der Waals surface area (Å²) in [6, 6.07) is 15.5. The number of carbonyl (C=O) groups excluding carboxylic acids is 3. The highest BCUT2D eigenvalue weighted by molar-refractivity contribution is 5.87. The van der Waals surface area contributed by atoms with Crippen LogP contribution in [0, 0.1) is 31.1 Å². The van der Waals surface area contributed by atoms with Crippen LogP contribution in [0.2, 0.25) is 0 Å². The van der Waals surface area contributed by atoms with Crippen molar-refractivity contribution in [1.82, 2.24) is 0 Å². The van der Waals surface area contributed by atoms with Crippen molar-refractivity contribution in [2.75, 3.05) is 6.61 Å². The zero-order valence-electron chi connectivity index (χ0n) is 23.7. The Kier molecular flexibility index (Phi) is 13.3. The minimum atomic E-state index is -0.697. The number of phenols is 1. The molecule has 5 heteroatoms. The average Bonchev–Trinajstić information content (AvgIpc) is 3.49. The number of rotatable bonds is 9. The lowest BCUT2D eigenvalue weighted by molar-refractivity contribution is -0.144. The number of hydrogen-bond acceptors (Lipinski definition) is 5. The second kappa shape index (κ2) is 16.1. The highest BCUT2D eigenvalue weighted by Gasteiger charge is 2.44. The van der Waals surface area contributed by atoms with Crippen LogP contribution in [0.5, 0.6) is 5.75 Å². The third-order valence-corrected chi connectivity index (χ3v) is 7.95. The Morgan fingerprint density at radius 3 is 1.97 bits per heavy atom. The molecular formula is C33H50O5. The Bertz CT molecular complexity index is 987. The van der Waals surface area contributed by atoms with Gasteiger partial charge in [-0.05, 0) is 70.4 Å². The van der Waals surface area contributed by atoms with E-state index >= 15 is 0 Å². The van der Waals surface area contributed by atoms with E-state index in [1.54, 1.807) is 12.1 Å². The minimum Gasteiger partial charge on any atom is -0.508 e. The molecule has 0 aliphatic heterocycles. The predicted octanol–water partition coefficient (Wildman–Crippen LogP) is 7.82. The van der Waals surface area contributed by atoms with E-state index in [1.807, 2.05) is 26.0 Å². The van der Waals surface area contributed by atoms with E-state index in [4.69, 9.17) is 4.74 Å². The van der Waals surface area contributed by atoms with Gasteiger partial charge in [-0.2, -0.15) is 0 Å². The number of aromatic hydroxyl groups is 1. The molecule has 0 radical (unpaired) electrons. The quantitative estimate of drug-likeness (QED) is 0.337. The fourth-order valence-corrected chi connectivity index (χ4v) is 5.57. The first-order chi connectivity index (χ1) is 18.3. The van der Waals surface area contributed by atoms with Gasteiger partial charge in [-0.25, -0.2) is 0 Å². The van der Waals surface area contributed by atoms with E-state index in [0.29, 0.717) is 50.8 Å². The summed E-state index contributed by atoms with van der Waals surface area (Å²) in [5, 5.41) is 9.92. The van der Waals surface area contributed by atoms with Gasteiger partial charge in [0.2, 0.25) is 0 Å². The highest BCUT2D eigenvalue weighted by atomic mass is 16.5. The lowest BCUT2D eigenvalue weighted by atomic mass is 9.66. The van der Waals surface area contributed by atoms with Gasteiger partial charge in [0.25, 0.3) is 6.47 Å². The first-order valence-corrected chi connectivity index (χ1v) is 14.3. The van der Waals surface area contributed by atoms with Crippen molar-refractivity contribution in [3.05, 3.63) is 65.2 Å². The first kappa shape index (κ1) is 31.3. The summed E-state index contributed by atoms with van der Waals surface area (Å²) in [7, 11) is 0. The SMILES string of the molecule is CC.Cc1ccc(C)cc1.O=COCC1(C(=O)CCc2ccccc2O)CCC(C(=O)C2CCCC2)CC1.[HH].[HH]. The van der Waals surface area contributed by atoms with Gasteiger partial charge < -0.3 is 9.84 Å². The van der Waals surface area contributed by atoms with Gasteiger partial charge in [0.05, 0.1) is 5.41 Å². The maximum Gasteiger partial charge on any atom is 0.293 e. The molecule has 212 valence electrons. The number of ketones is 2. The lowest BCUT2D eigenvalue weighted by Gasteiger charge is -2.38. The number of ether oxygens (including phenoxy) is 1. The second-order valence-corrected chi connectivity index (χ2v) is 10.6. The number of para-hydroxylation sites is 1. The molecular weight excluding hydrogens is 476 g/mol. The molecule has 0 heterocycles. The van der Waals surface area contributed by atoms with Gasteiger partial charge in [0.15, 0.2) is 0 Å². The topological polar surface area (TPSA) is 80.7 Å². The van der Waals surface area contributed by atoms with Crippen molar-refractivity contribution >= 4 is 18.0 Å².